The Hall–Kier alpha value is -1.39. The van der Waals surface area contributed by atoms with Gasteiger partial charge in [-0.2, -0.15) is 4.98 Å². The largest absolute Gasteiger partial charge is 0.339 e. The van der Waals surface area contributed by atoms with Gasteiger partial charge >= 0.3 is 0 Å². The molecule has 0 unspecified atom stereocenters. The van der Waals surface area contributed by atoms with Crippen molar-refractivity contribution in [2.75, 3.05) is 0 Å². The predicted octanol–water partition coefficient (Wildman–Crippen LogP) is 2.28. The highest BCUT2D eigenvalue weighted by atomic mass is 35.5. The first-order chi connectivity index (χ1) is 7.55. The fraction of sp³-hybridized carbons (Fsp3) is 0.333. The van der Waals surface area contributed by atoms with Crippen molar-refractivity contribution in [3.05, 3.63) is 47.6 Å². The Labute approximate surface area is 107 Å². The molecule has 0 aliphatic heterocycles. The quantitative estimate of drug-likeness (QED) is 0.911. The Kier molecular flexibility index (Phi) is 4.26. The molecule has 2 rings (SSSR count). The monoisotopic (exact) mass is 253 g/mol. The third-order valence-corrected chi connectivity index (χ3v) is 2.24. The second-order valence-corrected chi connectivity index (χ2v) is 4.40. The highest BCUT2D eigenvalue weighted by Crippen LogP contribution is 2.14. The van der Waals surface area contributed by atoms with E-state index in [0.717, 1.165) is 5.56 Å². The van der Waals surface area contributed by atoms with E-state index in [-0.39, 0.29) is 12.4 Å². The van der Waals surface area contributed by atoms with Gasteiger partial charge in [0.05, 0.1) is 12.0 Å². The van der Waals surface area contributed by atoms with E-state index in [4.69, 9.17) is 10.3 Å². The standard InChI is InChI=1S/C12H15N3O.ClH/c1-12(2,13)11-14-10(16-15-11)8-9-6-4-3-5-7-9;/h3-7H,8,13H2,1-2H3;1H. The van der Waals surface area contributed by atoms with Crippen LogP contribution in [-0.4, -0.2) is 10.1 Å². The van der Waals surface area contributed by atoms with Gasteiger partial charge in [-0.05, 0) is 19.4 Å². The van der Waals surface area contributed by atoms with Gasteiger partial charge in [0.25, 0.3) is 0 Å². The number of hydrogen-bond donors (Lipinski definition) is 1. The third-order valence-electron chi connectivity index (χ3n) is 2.24. The van der Waals surface area contributed by atoms with Crippen molar-refractivity contribution in [1.29, 1.82) is 0 Å². The van der Waals surface area contributed by atoms with Crippen LogP contribution in [-0.2, 0) is 12.0 Å². The number of aromatic nitrogens is 2. The molecule has 0 spiro atoms. The minimum atomic E-state index is -0.557. The molecule has 0 saturated carbocycles. The molecule has 1 aromatic heterocycles. The van der Waals surface area contributed by atoms with Crippen LogP contribution in [0.5, 0.6) is 0 Å². The van der Waals surface area contributed by atoms with Crippen LogP contribution < -0.4 is 5.73 Å². The topological polar surface area (TPSA) is 64.9 Å². The summed E-state index contributed by atoms with van der Waals surface area (Å²) in [6.07, 6.45) is 0.643. The fourth-order valence-electron chi connectivity index (χ4n) is 1.36. The van der Waals surface area contributed by atoms with Crippen molar-refractivity contribution < 1.29 is 4.52 Å². The summed E-state index contributed by atoms with van der Waals surface area (Å²) >= 11 is 0. The average Bonchev–Trinajstić information content (AvgIpc) is 2.67. The zero-order valence-corrected chi connectivity index (χ0v) is 10.7. The lowest BCUT2D eigenvalue weighted by atomic mass is 10.1. The van der Waals surface area contributed by atoms with Crippen LogP contribution >= 0.6 is 12.4 Å². The lowest BCUT2D eigenvalue weighted by Gasteiger charge is -2.11. The number of halogens is 1. The predicted molar refractivity (Wildman–Crippen MR) is 68.0 cm³/mol. The molecule has 5 heteroatoms. The summed E-state index contributed by atoms with van der Waals surface area (Å²) in [5.41, 5.74) is 6.47. The number of hydrogen-bond acceptors (Lipinski definition) is 4. The Bertz CT molecular complexity index is 462. The van der Waals surface area contributed by atoms with Gasteiger partial charge in [-0.3, -0.25) is 0 Å². The molecule has 1 aromatic carbocycles. The van der Waals surface area contributed by atoms with Crippen LogP contribution in [0.15, 0.2) is 34.9 Å². The van der Waals surface area contributed by atoms with Crippen molar-refractivity contribution in [2.24, 2.45) is 5.73 Å². The second kappa shape index (κ2) is 5.29. The SMILES string of the molecule is CC(C)(N)c1noc(Cc2ccccc2)n1.Cl. The molecule has 92 valence electrons. The van der Waals surface area contributed by atoms with Crippen molar-refractivity contribution in [2.45, 2.75) is 25.8 Å². The molecule has 0 aliphatic carbocycles. The van der Waals surface area contributed by atoms with E-state index in [1.807, 2.05) is 44.2 Å². The molecular weight excluding hydrogens is 238 g/mol. The molecule has 0 saturated heterocycles. The summed E-state index contributed by atoms with van der Waals surface area (Å²) in [6.45, 7) is 3.70. The first-order valence-electron chi connectivity index (χ1n) is 5.21. The summed E-state index contributed by atoms with van der Waals surface area (Å²) in [5.74, 6) is 1.14. The van der Waals surface area contributed by atoms with Crippen LogP contribution in [0.1, 0.15) is 31.1 Å². The summed E-state index contributed by atoms with van der Waals surface area (Å²) in [7, 11) is 0. The van der Waals surface area contributed by atoms with Gasteiger partial charge in [-0.1, -0.05) is 35.5 Å². The fourth-order valence-corrected chi connectivity index (χ4v) is 1.36. The molecule has 0 amide bonds. The first kappa shape index (κ1) is 13.7. The summed E-state index contributed by atoms with van der Waals surface area (Å²) in [6, 6.07) is 10.00. The zero-order chi connectivity index (χ0) is 11.6. The number of rotatable bonds is 3. The first-order valence-corrected chi connectivity index (χ1v) is 5.21. The van der Waals surface area contributed by atoms with Crippen LogP contribution in [0.3, 0.4) is 0 Å². The van der Waals surface area contributed by atoms with Gasteiger partial charge in [0.15, 0.2) is 5.82 Å². The smallest absolute Gasteiger partial charge is 0.231 e. The van der Waals surface area contributed by atoms with Gasteiger partial charge in [-0.15, -0.1) is 12.4 Å². The summed E-state index contributed by atoms with van der Waals surface area (Å²) < 4.78 is 5.15. The van der Waals surface area contributed by atoms with Gasteiger partial charge in [0, 0.05) is 0 Å². The number of nitrogens with two attached hydrogens (primary N) is 1. The van der Waals surface area contributed by atoms with Crippen molar-refractivity contribution in [3.8, 4) is 0 Å². The average molecular weight is 254 g/mol. The summed E-state index contributed by atoms with van der Waals surface area (Å²) in [4.78, 5) is 4.27. The maximum Gasteiger partial charge on any atom is 0.231 e. The van der Waals surface area contributed by atoms with E-state index in [9.17, 15) is 0 Å². The van der Waals surface area contributed by atoms with E-state index in [1.165, 1.54) is 0 Å². The molecule has 0 radical (unpaired) electrons. The van der Waals surface area contributed by atoms with Gasteiger partial charge < -0.3 is 10.3 Å². The minimum absolute atomic E-state index is 0. The molecule has 4 nitrogen and oxygen atoms in total. The maximum atomic E-state index is 5.88. The van der Waals surface area contributed by atoms with E-state index in [0.29, 0.717) is 18.1 Å². The Morgan fingerprint density at radius 2 is 1.88 bits per heavy atom. The lowest BCUT2D eigenvalue weighted by molar-refractivity contribution is 0.365. The molecule has 0 fully saturated rings. The number of benzene rings is 1. The second-order valence-electron chi connectivity index (χ2n) is 4.40. The maximum absolute atomic E-state index is 5.88. The molecule has 2 N–H and O–H groups in total. The van der Waals surface area contributed by atoms with Crippen molar-refractivity contribution in [3.63, 3.8) is 0 Å². The van der Waals surface area contributed by atoms with Gasteiger partial charge in [0.2, 0.25) is 5.89 Å². The third kappa shape index (κ3) is 3.54. The van der Waals surface area contributed by atoms with Crippen LogP contribution in [0.25, 0.3) is 0 Å². The summed E-state index contributed by atoms with van der Waals surface area (Å²) in [5, 5.41) is 3.87. The molecular formula is C12H16ClN3O. The van der Waals surface area contributed by atoms with Crippen LogP contribution in [0.2, 0.25) is 0 Å². The Balaban J connectivity index is 0.00000144. The molecule has 0 atom stereocenters. The van der Waals surface area contributed by atoms with E-state index < -0.39 is 5.54 Å². The van der Waals surface area contributed by atoms with Crippen molar-refractivity contribution in [1.82, 2.24) is 10.1 Å². The molecule has 1 heterocycles. The lowest BCUT2D eigenvalue weighted by Crippen LogP contribution is -2.30. The highest BCUT2D eigenvalue weighted by Gasteiger charge is 2.21. The van der Waals surface area contributed by atoms with E-state index >= 15 is 0 Å². The van der Waals surface area contributed by atoms with Gasteiger partial charge in [0.1, 0.15) is 0 Å². The molecule has 0 bridgehead atoms. The van der Waals surface area contributed by atoms with Crippen molar-refractivity contribution >= 4 is 12.4 Å². The highest BCUT2D eigenvalue weighted by molar-refractivity contribution is 5.85. The Morgan fingerprint density at radius 1 is 1.24 bits per heavy atom. The van der Waals surface area contributed by atoms with Gasteiger partial charge in [-0.25, -0.2) is 0 Å². The minimum Gasteiger partial charge on any atom is -0.339 e. The zero-order valence-electron chi connectivity index (χ0n) is 9.88. The molecule has 2 aromatic rings. The van der Waals surface area contributed by atoms with E-state index in [2.05, 4.69) is 10.1 Å². The molecule has 17 heavy (non-hydrogen) atoms. The molecule has 0 aliphatic rings. The normalized spacial score (nSPS) is 11.0. The number of nitrogens with zero attached hydrogens (tertiary/aromatic N) is 2. The van der Waals surface area contributed by atoms with Crippen LogP contribution in [0.4, 0.5) is 0 Å². The Morgan fingerprint density at radius 3 is 2.41 bits per heavy atom. The van der Waals surface area contributed by atoms with E-state index in [1.54, 1.807) is 0 Å². The van der Waals surface area contributed by atoms with Crippen LogP contribution in [0, 0.1) is 0 Å².